The number of rotatable bonds is 5. The van der Waals surface area contributed by atoms with Crippen molar-refractivity contribution in [1.82, 2.24) is 5.32 Å². The highest BCUT2D eigenvalue weighted by atomic mass is 19.4. The Morgan fingerprint density at radius 2 is 1.58 bits per heavy atom. The Balaban J connectivity index is 3.30. The molecule has 0 aliphatic rings. The summed E-state index contributed by atoms with van der Waals surface area (Å²) in [7, 11) is 0. The van der Waals surface area contributed by atoms with Crippen molar-refractivity contribution in [2.24, 2.45) is 11.7 Å². The van der Waals surface area contributed by atoms with Crippen molar-refractivity contribution in [3.05, 3.63) is 34.9 Å². The van der Waals surface area contributed by atoms with Gasteiger partial charge < -0.3 is 11.1 Å². The zero-order valence-electron chi connectivity index (χ0n) is 13.2. The third kappa shape index (κ3) is 5.37. The molecule has 3 N–H and O–H groups in total. The van der Waals surface area contributed by atoms with Crippen LogP contribution in [-0.4, -0.2) is 17.9 Å². The van der Waals surface area contributed by atoms with Gasteiger partial charge in [-0.2, -0.15) is 31.6 Å². The number of carbonyl (C=O) groups is 2. The van der Waals surface area contributed by atoms with Gasteiger partial charge in [0.15, 0.2) is 0 Å². The average Bonchev–Trinajstić information content (AvgIpc) is 2.50. The van der Waals surface area contributed by atoms with E-state index in [1.807, 2.05) is 5.32 Å². The third-order valence-corrected chi connectivity index (χ3v) is 3.43. The molecule has 0 unspecified atom stereocenters. The SMILES string of the molecule is C[C@@H](CC#N)[C@@H](NC(=O)c1cc(C(F)(F)F)cc(C(F)(F)F)c1)C(N)=O. The monoisotopic (exact) mass is 381 g/mol. The maximum atomic E-state index is 12.8. The van der Waals surface area contributed by atoms with Crippen LogP contribution in [0, 0.1) is 17.2 Å². The molecule has 1 rings (SSSR count). The molecule has 0 aliphatic carbocycles. The number of nitrogens with two attached hydrogens (primary N) is 1. The lowest BCUT2D eigenvalue weighted by Crippen LogP contribution is -2.48. The first-order valence-electron chi connectivity index (χ1n) is 7.04. The van der Waals surface area contributed by atoms with Crippen molar-refractivity contribution in [3.8, 4) is 6.07 Å². The molecule has 0 saturated heterocycles. The minimum Gasteiger partial charge on any atom is -0.368 e. The van der Waals surface area contributed by atoms with Crippen molar-refractivity contribution in [2.45, 2.75) is 31.7 Å². The fraction of sp³-hybridized carbons (Fsp3) is 0.400. The molecule has 2 amide bonds. The number of hydrogen-bond acceptors (Lipinski definition) is 3. The number of amides is 2. The largest absolute Gasteiger partial charge is 0.416 e. The number of nitrogens with zero attached hydrogens (tertiary/aromatic N) is 1. The Labute approximate surface area is 143 Å². The second-order valence-corrected chi connectivity index (χ2v) is 5.49. The summed E-state index contributed by atoms with van der Waals surface area (Å²) in [5, 5.41) is 10.6. The third-order valence-electron chi connectivity index (χ3n) is 3.43. The van der Waals surface area contributed by atoms with E-state index in [9.17, 15) is 35.9 Å². The van der Waals surface area contributed by atoms with Crippen molar-refractivity contribution in [2.75, 3.05) is 0 Å². The Hall–Kier alpha value is -2.77. The van der Waals surface area contributed by atoms with Crippen LogP contribution in [0.15, 0.2) is 18.2 Å². The van der Waals surface area contributed by atoms with Crippen LogP contribution in [-0.2, 0) is 17.1 Å². The summed E-state index contributed by atoms with van der Waals surface area (Å²) in [5.74, 6) is -3.23. The van der Waals surface area contributed by atoms with Gasteiger partial charge in [0.2, 0.25) is 5.91 Å². The maximum absolute atomic E-state index is 12.8. The molecule has 1 aromatic rings. The van der Waals surface area contributed by atoms with E-state index in [1.165, 1.54) is 6.92 Å². The Morgan fingerprint density at radius 3 is 1.92 bits per heavy atom. The minimum atomic E-state index is -5.12. The molecule has 0 saturated carbocycles. The molecule has 0 radical (unpaired) electrons. The van der Waals surface area contributed by atoms with Crippen LogP contribution in [0.2, 0.25) is 0 Å². The van der Waals surface area contributed by atoms with E-state index in [1.54, 1.807) is 6.07 Å². The Kier molecular flexibility index (Phi) is 6.25. The number of nitriles is 1. The molecule has 0 spiro atoms. The van der Waals surface area contributed by atoms with E-state index in [4.69, 9.17) is 11.0 Å². The lowest BCUT2D eigenvalue weighted by Gasteiger charge is -2.21. The van der Waals surface area contributed by atoms with Crippen LogP contribution in [0.25, 0.3) is 0 Å². The summed E-state index contributed by atoms with van der Waals surface area (Å²) < 4.78 is 76.9. The topological polar surface area (TPSA) is 96.0 Å². The quantitative estimate of drug-likeness (QED) is 0.768. The number of halogens is 6. The maximum Gasteiger partial charge on any atom is 0.416 e. The predicted octanol–water partition coefficient (Wildman–Crippen LogP) is 2.86. The van der Waals surface area contributed by atoms with Crippen LogP contribution >= 0.6 is 0 Å². The van der Waals surface area contributed by atoms with Gasteiger partial charge in [-0.05, 0) is 24.1 Å². The molecule has 0 aromatic heterocycles. The zero-order chi connectivity index (χ0) is 20.3. The van der Waals surface area contributed by atoms with Crippen LogP contribution in [0.5, 0.6) is 0 Å². The second kappa shape index (κ2) is 7.63. The number of carbonyl (C=O) groups excluding carboxylic acids is 2. The molecular formula is C15H13F6N3O2. The van der Waals surface area contributed by atoms with Gasteiger partial charge in [0, 0.05) is 12.0 Å². The second-order valence-electron chi connectivity index (χ2n) is 5.49. The highest BCUT2D eigenvalue weighted by Gasteiger charge is 2.38. The van der Waals surface area contributed by atoms with Crippen LogP contribution in [0.4, 0.5) is 26.3 Å². The van der Waals surface area contributed by atoms with Gasteiger partial charge in [0.1, 0.15) is 6.04 Å². The molecule has 5 nitrogen and oxygen atoms in total. The molecule has 142 valence electrons. The smallest absolute Gasteiger partial charge is 0.368 e. The lowest BCUT2D eigenvalue weighted by molar-refractivity contribution is -0.143. The van der Waals surface area contributed by atoms with E-state index in [0.29, 0.717) is 0 Å². The van der Waals surface area contributed by atoms with E-state index in [2.05, 4.69) is 0 Å². The number of primary amides is 1. The van der Waals surface area contributed by atoms with Gasteiger partial charge in [0.05, 0.1) is 17.2 Å². The highest BCUT2D eigenvalue weighted by Crippen LogP contribution is 2.36. The average molecular weight is 381 g/mol. The normalized spacial score (nSPS) is 14.2. The summed E-state index contributed by atoms with van der Waals surface area (Å²) in [6, 6.07) is 0.621. The first kappa shape index (κ1) is 21.3. The fourth-order valence-electron chi connectivity index (χ4n) is 2.07. The number of alkyl halides is 6. The molecule has 0 bridgehead atoms. The molecular weight excluding hydrogens is 368 g/mol. The van der Waals surface area contributed by atoms with Gasteiger partial charge in [-0.15, -0.1) is 0 Å². The Morgan fingerprint density at radius 1 is 1.12 bits per heavy atom. The van der Waals surface area contributed by atoms with E-state index >= 15 is 0 Å². The number of hydrogen-bond donors (Lipinski definition) is 2. The fourth-order valence-corrected chi connectivity index (χ4v) is 2.07. The van der Waals surface area contributed by atoms with Gasteiger partial charge in [-0.3, -0.25) is 9.59 Å². The number of nitrogens with one attached hydrogen (secondary N) is 1. The Bertz CT molecular complexity index is 704. The van der Waals surface area contributed by atoms with E-state index in [-0.39, 0.29) is 24.6 Å². The molecule has 1 aromatic carbocycles. The molecule has 0 aliphatic heterocycles. The van der Waals surface area contributed by atoms with Gasteiger partial charge in [-0.1, -0.05) is 6.92 Å². The standard InChI is InChI=1S/C15H13F6N3O2/c1-7(2-3-22)11(12(23)25)24-13(26)8-4-9(14(16,17)18)6-10(5-8)15(19,20)21/h4-7,11H,2H2,1H3,(H2,23,25)(H,24,26)/t7-,11+/m0/s1. The van der Waals surface area contributed by atoms with Gasteiger partial charge in [-0.25, -0.2) is 0 Å². The lowest BCUT2D eigenvalue weighted by atomic mass is 9.97. The van der Waals surface area contributed by atoms with Gasteiger partial charge >= 0.3 is 12.4 Å². The minimum absolute atomic E-state index is 0.124. The highest BCUT2D eigenvalue weighted by molar-refractivity contribution is 5.97. The van der Waals surface area contributed by atoms with Crippen LogP contribution in [0.1, 0.15) is 34.8 Å². The van der Waals surface area contributed by atoms with E-state index < -0.39 is 52.8 Å². The summed E-state index contributed by atoms with van der Waals surface area (Å²) in [6.45, 7) is 1.37. The van der Waals surface area contributed by atoms with Gasteiger partial charge in [0.25, 0.3) is 5.91 Å². The van der Waals surface area contributed by atoms with Crippen molar-refractivity contribution >= 4 is 11.8 Å². The molecule has 26 heavy (non-hydrogen) atoms. The molecule has 2 atom stereocenters. The van der Waals surface area contributed by atoms with Crippen molar-refractivity contribution < 1.29 is 35.9 Å². The van der Waals surface area contributed by atoms with Crippen LogP contribution < -0.4 is 11.1 Å². The predicted molar refractivity (Wildman–Crippen MR) is 76.3 cm³/mol. The van der Waals surface area contributed by atoms with Crippen molar-refractivity contribution in [1.29, 1.82) is 5.26 Å². The molecule has 0 heterocycles. The summed E-state index contributed by atoms with van der Waals surface area (Å²) >= 11 is 0. The summed E-state index contributed by atoms with van der Waals surface area (Å²) in [5.41, 5.74) is 0.791. The molecule has 11 heteroatoms. The van der Waals surface area contributed by atoms with Crippen molar-refractivity contribution in [3.63, 3.8) is 0 Å². The molecule has 0 fully saturated rings. The van der Waals surface area contributed by atoms with Crippen LogP contribution in [0.3, 0.4) is 0 Å². The summed E-state index contributed by atoms with van der Waals surface area (Å²) in [6.07, 6.45) is -10.5. The first-order chi connectivity index (χ1) is 11.8. The zero-order valence-corrected chi connectivity index (χ0v) is 13.2. The number of benzene rings is 1. The van der Waals surface area contributed by atoms with E-state index in [0.717, 1.165) is 0 Å². The first-order valence-corrected chi connectivity index (χ1v) is 7.04. The summed E-state index contributed by atoms with van der Waals surface area (Å²) in [4.78, 5) is 23.5.